The third kappa shape index (κ3) is 3.97. The number of piperidine rings is 1. The van der Waals surface area contributed by atoms with Crippen LogP contribution in [0, 0.1) is 5.92 Å². The van der Waals surface area contributed by atoms with Crippen molar-refractivity contribution in [1.82, 2.24) is 20.0 Å². The molecule has 2 aliphatic rings. The van der Waals surface area contributed by atoms with Gasteiger partial charge >= 0.3 is 0 Å². The molecular formula is C21H21N5O3S. The van der Waals surface area contributed by atoms with Crippen LogP contribution in [0.25, 0.3) is 11.4 Å². The predicted molar refractivity (Wildman–Crippen MR) is 111 cm³/mol. The number of hydrogen-bond donors (Lipinski definition) is 1. The van der Waals surface area contributed by atoms with E-state index in [9.17, 15) is 9.59 Å². The van der Waals surface area contributed by atoms with E-state index in [4.69, 9.17) is 4.52 Å². The molecule has 0 bridgehead atoms. The van der Waals surface area contributed by atoms with Crippen LogP contribution in [-0.4, -0.2) is 44.9 Å². The van der Waals surface area contributed by atoms with Crippen LogP contribution in [-0.2, 0) is 4.79 Å². The summed E-state index contributed by atoms with van der Waals surface area (Å²) < 4.78 is 5.31. The summed E-state index contributed by atoms with van der Waals surface area (Å²) in [5.41, 5.74) is 1.45. The highest BCUT2D eigenvalue weighted by Gasteiger charge is 2.30. The lowest BCUT2D eigenvalue weighted by Gasteiger charge is -2.31. The number of amides is 2. The minimum atomic E-state index is -0.0979. The zero-order valence-electron chi connectivity index (χ0n) is 16.3. The maximum atomic E-state index is 12.8. The number of nitrogens with one attached hydrogen (secondary N) is 1. The van der Waals surface area contributed by atoms with Crippen LogP contribution < -0.4 is 5.32 Å². The van der Waals surface area contributed by atoms with Crippen molar-refractivity contribution in [2.45, 2.75) is 31.6 Å². The molecule has 3 heterocycles. The lowest BCUT2D eigenvalue weighted by molar-refractivity contribution is -0.121. The summed E-state index contributed by atoms with van der Waals surface area (Å²) in [4.78, 5) is 35.5. The van der Waals surface area contributed by atoms with Crippen molar-refractivity contribution in [3.05, 3.63) is 47.3 Å². The van der Waals surface area contributed by atoms with Gasteiger partial charge in [0.05, 0.1) is 0 Å². The van der Waals surface area contributed by atoms with Crippen molar-refractivity contribution in [2.24, 2.45) is 5.92 Å². The molecule has 2 fully saturated rings. The van der Waals surface area contributed by atoms with Gasteiger partial charge in [0.15, 0.2) is 5.13 Å². The highest BCUT2D eigenvalue weighted by atomic mass is 32.1. The molecule has 2 aromatic heterocycles. The Morgan fingerprint density at radius 3 is 2.53 bits per heavy atom. The number of likely N-dealkylation sites (tertiary alicyclic amines) is 1. The van der Waals surface area contributed by atoms with Gasteiger partial charge in [0.1, 0.15) is 0 Å². The van der Waals surface area contributed by atoms with Crippen molar-refractivity contribution in [3.8, 4) is 11.4 Å². The molecule has 1 aliphatic heterocycles. The normalized spacial score (nSPS) is 17.1. The second-order valence-corrected chi connectivity index (χ2v) is 8.60. The summed E-state index contributed by atoms with van der Waals surface area (Å²) in [5.74, 6) is 1.53. The van der Waals surface area contributed by atoms with Gasteiger partial charge in [0, 0.05) is 47.6 Å². The fraction of sp³-hybridized carbons (Fsp3) is 0.381. The fourth-order valence-electron chi connectivity index (χ4n) is 3.63. The number of benzene rings is 1. The maximum Gasteiger partial charge on any atom is 0.253 e. The van der Waals surface area contributed by atoms with Gasteiger partial charge in [-0.15, -0.1) is 11.3 Å². The Hall–Kier alpha value is -3.07. The molecule has 1 aliphatic carbocycles. The highest BCUT2D eigenvalue weighted by Crippen LogP contribution is 2.39. The van der Waals surface area contributed by atoms with E-state index >= 15 is 0 Å². The second-order valence-electron chi connectivity index (χ2n) is 7.70. The average Bonchev–Trinajstić information content (AvgIpc) is 3.29. The number of nitrogens with zero attached hydrogens (tertiary/aromatic N) is 4. The summed E-state index contributed by atoms with van der Waals surface area (Å²) in [6.07, 6.45) is 5.18. The lowest BCUT2D eigenvalue weighted by atomic mass is 9.95. The van der Waals surface area contributed by atoms with E-state index in [0.29, 0.717) is 54.3 Å². The molecule has 154 valence electrons. The molecule has 30 heavy (non-hydrogen) atoms. The standard InChI is InChI=1S/C21H21N5O3S/c27-18(24-21-22-9-12-30-21)14-7-10-26(11-8-14)20(28)16-5-1-13(2-6-16)17-23-19(29-25-17)15-3-4-15/h1-2,5-6,9,12,14-15H,3-4,7-8,10-11H2,(H,22,24,27). The van der Waals surface area contributed by atoms with Gasteiger partial charge in [-0.1, -0.05) is 17.3 Å². The molecule has 1 saturated heterocycles. The highest BCUT2D eigenvalue weighted by molar-refractivity contribution is 7.13. The minimum Gasteiger partial charge on any atom is -0.339 e. The Labute approximate surface area is 177 Å². The van der Waals surface area contributed by atoms with Crippen LogP contribution in [0.2, 0.25) is 0 Å². The largest absolute Gasteiger partial charge is 0.339 e. The first-order valence-corrected chi connectivity index (χ1v) is 11.0. The van der Waals surface area contributed by atoms with Gasteiger partial charge in [-0.3, -0.25) is 9.59 Å². The Balaban J connectivity index is 1.17. The molecule has 8 nitrogen and oxygen atoms in total. The zero-order chi connectivity index (χ0) is 20.5. The number of carbonyl (C=O) groups is 2. The first-order chi connectivity index (χ1) is 14.7. The Morgan fingerprint density at radius 1 is 1.10 bits per heavy atom. The molecular weight excluding hydrogens is 402 g/mol. The molecule has 0 spiro atoms. The third-order valence-electron chi connectivity index (χ3n) is 5.57. The van der Waals surface area contributed by atoms with Gasteiger partial charge in [0.25, 0.3) is 5.91 Å². The predicted octanol–water partition coefficient (Wildman–Crippen LogP) is 3.56. The van der Waals surface area contributed by atoms with Gasteiger partial charge in [-0.05, 0) is 37.8 Å². The van der Waals surface area contributed by atoms with Crippen LogP contribution in [0.3, 0.4) is 0 Å². The van der Waals surface area contributed by atoms with Crippen LogP contribution in [0.15, 0.2) is 40.4 Å². The Bertz CT molecular complexity index is 1040. The van der Waals surface area contributed by atoms with Crippen LogP contribution >= 0.6 is 11.3 Å². The van der Waals surface area contributed by atoms with E-state index < -0.39 is 0 Å². The number of carbonyl (C=O) groups excluding carboxylic acids is 2. The smallest absolute Gasteiger partial charge is 0.253 e. The molecule has 3 aromatic rings. The van der Waals surface area contributed by atoms with Gasteiger partial charge in [-0.2, -0.15) is 4.98 Å². The molecule has 9 heteroatoms. The molecule has 1 saturated carbocycles. The SMILES string of the molecule is O=C(Nc1nccs1)C1CCN(C(=O)c2ccc(-c3noc(C4CC4)n3)cc2)CC1. The minimum absolute atomic E-state index is 0.0212. The van der Waals surface area contributed by atoms with Crippen LogP contribution in [0.4, 0.5) is 5.13 Å². The van der Waals surface area contributed by atoms with Crippen molar-refractivity contribution in [3.63, 3.8) is 0 Å². The summed E-state index contributed by atoms with van der Waals surface area (Å²) in [7, 11) is 0. The first-order valence-electron chi connectivity index (χ1n) is 10.1. The molecule has 0 radical (unpaired) electrons. The maximum absolute atomic E-state index is 12.8. The van der Waals surface area contributed by atoms with E-state index in [1.165, 1.54) is 11.3 Å². The van der Waals surface area contributed by atoms with Crippen molar-refractivity contribution in [1.29, 1.82) is 0 Å². The molecule has 2 amide bonds. The summed E-state index contributed by atoms with van der Waals surface area (Å²) >= 11 is 1.40. The number of aromatic nitrogens is 3. The summed E-state index contributed by atoms with van der Waals surface area (Å²) in [5, 5.41) is 9.33. The van der Waals surface area contributed by atoms with E-state index in [-0.39, 0.29) is 17.7 Å². The first kappa shape index (κ1) is 18.9. The molecule has 0 atom stereocenters. The second kappa shape index (κ2) is 7.98. The molecule has 5 rings (SSSR count). The van der Waals surface area contributed by atoms with Gasteiger partial charge in [0.2, 0.25) is 17.6 Å². The number of rotatable bonds is 5. The zero-order valence-corrected chi connectivity index (χ0v) is 17.1. The molecule has 1 aromatic carbocycles. The Morgan fingerprint density at radius 2 is 1.87 bits per heavy atom. The third-order valence-corrected chi connectivity index (χ3v) is 6.26. The van der Waals surface area contributed by atoms with Crippen molar-refractivity contribution < 1.29 is 14.1 Å². The lowest BCUT2D eigenvalue weighted by Crippen LogP contribution is -2.41. The quantitative estimate of drug-likeness (QED) is 0.673. The Kier molecular flexibility index (Phi) is 5.04. The number of thiazole rings is 1. The summed E-state index contributed by atoms with van der Waals surface area (Å²) in [6.45, 7) is 1.12. The van der Waals surface area contributed by atoms with Gasteiger partial charge < -0.3 is 14.7 Å². The van der Waals surface area contributed by atoms with E-state index in [0.717, 1.165) is 18.4 Å². The van der Waals surface area contributed by atoms with E-state index in [1.807, 2.05) is 22.4 Å². The van der Waals surface area contributed by atoms with Crippen molar-refractivity contribution >= 4 is 28.3 Å². The fourth-order valence-corrected chi connectivity index (χ4v) is 4.16. The topological polar surface area (TPSA) is 101 Å². The van der Waals surface area contributed by atoms with Crippen molar-refractivity contribution in [2.75, 3.05) is 18.4 Å². The number of anilines is 1. The van der Waals surface area contributed by atoms with E-state index in [2.05, 4.69) is 20.4 Å². The number of hydrogen-bond acceptors (Lipinski definition) is 7. The van der Waals surface area contributed by atoms with Crippen LogP contribution in [0.1, 0.15) is 47.8 Å². The average molecular weight is 423 g/mol. The molecule has 0 unspecified atom stereocenters. The van der Waals surface area contributed by atoms with E-state index in [1.54, 1.807) is 18.3 Å². The monoisotopic (exact) mass is 423 g/mol. The molecule has 1 N–H and O–H groups in total. The summed E-state index contributed by atoms with van der Waals surface area (Å²) in [6, 6.07) is 7.30. The van der Waals surface area contributed by atoms with Crippen LogP contribution in [0.5, 0.6) is 0 Å². The van der Waals surface area contributed by atoms with Gasteiger partial charge in [-0.25, -0.2) is 4.98 Å².